The third-order valence-corrected chi connectivity index (χ3v) is 7.78. The molecule has 1 saturated heterocycles. The molecule has 11 heteroatoms. The number of aromatic nitrogens is 3. The van der Waals surface area contributed by atoms with E-state index < -0.39 is 0 Å². The largest absolute Gasteiger partial charge is 0.497 e. The first-order valence-corrected chi connectivity index (χ1v) is 14.3. The molecule has 5 rings (SSSR count). The van der Waals surface area contributed by atoms with Crippen molar-refractivity contribution >= 4 is 29.3 Å². The Morgan fingerprint density at radius 1 is 0.805 bits per heavy atom. The monoisotopic (exact) mass is 572 g/mol. The van der Waals surface area contributed by atoms with Gasteiger partial charge in [-0.2, -0.15) is 0 Å². The Hall–Kier alpha value is -4.51. The molecule has 41 heavy (non-hydrogen) atoms. The molecule has 10 nitrogen and oxygen atoms in total. The molecule has 1 aromatic heterocycles. The second-order valence-electron chi connectivity index (χ2n) is 9.34. The summed E-state index contributed by atoms with van der Waals surface area (Å²) in [7, 11) is 3.19. The number of methoxy groups -OCH3 is 2. The van der Waals surface area contributed by atoms with Crippen LogP contribution in [0.25, 0.3) is 5.69 Å². The standard InChI is InChI=1S/C30H32N6O4S/c1-39-25-12-8-22(9-13-25)29(38)31-20-27-32-33-30(36(27)24-10-14-26(40-2)15-11-24)41-21-28(37)35-18-16-34(17-19-35)23-6-4-3-5-7-23/h3-15H,16-21H2,1-2H3,(H,31,38). The maximum absolute atomic E-state index is 13.1. The number of nitrogens with zero attached hydrogens (tertiary/aromatic N) is 5. The first-order valence-electron chi connectivity index (χ1n) is 13.3. The fourth-order valence-electron chi connectivity index (χ4n) is 4.57. The average molecular weight is 573 g/mol. The number of carbonyl (C=O) groups excluding carboxylic acids is 2. The molecule has 0 atom stereocenters. The van der Waals surface area contributed by atoms with Gasteiger partial charge in [0.25, 0.3) is 5.91 Å². The van der Waals surface area contributed by atoms with Crippen LogP contribution in [0.2, 0.25) is 0 Å². The molecule has 4 aromatic rings. The molecule has 3 aromatic carbocycles. The zero-order valence-corrected chi connectivity index (χ0v) is 23.8. The summed E-state index contributed by atoms with van der Waals surface area (Å²) in [5.41, 5.74) is 2.48. The summed E-state index contributed by atoms with van der Waals surface area (Å²) in [5.74, 6) is 1.99. The molecule has 0 unspecified atom stereocenters. The number of thioether (sulfide) groups is 1. The number of nitrogens with one attached hydrogen (secondary N) is 1. The lowest BCUT2D eigenvalue weighted by atomic mass is 10.2. The molecule has 0 spiro atoms. The summed E-state index contributed by atoms with van der Waals surface area (Å²) >= 11 is 1.33. The molecule has 212 valence electrons. The topological polar surface area (TPSA) is 102 Å². The van der Waals surface area contributed by atoms with Crippen molar-refractivity contribution in [2.24, 2.45) is 0 Å². The van der Waals surface area contributed by atoms with Crippen molar-refractivity contribution in [2.75, 3.05) is 51.1 Å². The van der Waals surface area contributed by atoms with Gasteiger partial charge in [0, 0.05) is 43.1 Å². The maximum Gasteiger partial charge on any atom is 0.251 e. The quantitative estimate of drug-likeness (QED) is 0.288. The van der Waals surface area contributed by atoms with Gasteiger partial charge in [-0.25, -0.2) is 0 Å². The van der Waals surface area contributed by atoms with Crippen LogP contribution in [0.3, 0.4) is 0 Å². The summed E-state index contributed by atoms with van der Waals surface area (Å²) in [5, 5.41) is 12.2. The summed E-state index contributed by atoms with van der Waals surface area (Å²) in [6.45, 7) is 3.07. The van der Waals surface area contributed by atoms with E-state index in [2.05, 4.69) is 32.5 Å². The SMILES string of the molecule is COc1ccc(C(=O)NCc2nnc(SCC(=O)N3CCN(c4ccccc4)CC3)n2-c2ccc(OC)cc2)cc1. The van der Waals surface area contributed by atoms with Gasteiger partial charge in [0.15, 0.2) is 11.0 Å². The van der Waals surface area contributed by atoms with E-state index >= 15 is 0 Å². The van der Waals surface area contributed by atoms with E-state index in [4.69, 9.17) is 9.47 Å². The van der Waals surface area contributed by atoms with Crippen molar-refractivity contribution in [3.63, 3.8) is 0 Å². The molecule has 2 heterocycles. The van der Waals surface area contributed by atoms with Crippen LogP contribution in [-0.2, 0) is 11.3 Å². The number of para-hydroxylation sites is 1. The summed E-state index contributed by atoms with van der Waals surface area (Å²) in [6, 6.07) is 24.6. The van der Waals surface area contributed by atoms with Crippen molar-refractivity contribution in [1.29, 1.82) is 0 Å². The Morgan fingerprint density at radius 3 is 2.07 bits per heavy atom. The Balaban J connectivity index is 1.25. The van der Waals surface area contributed by atoms with Crippen LogP contribution in [-0.4, -0.2) is 77.6 Å². The zero-order valence-electron chi connectivity index (χ0n) is 23.0. The smallest absolute Gasteiger partial charge is 0.251 e. The lowest BCUT2D eigenvalue weighted by molar-refractivity contribution is -0.128. The van der Waals surface area contributed by atoms with Gasteiger partial charge in [0.2, 0.25) is 5.91 Å². The van der Waals surface area contributed by atoms with Crippen molar-refractivity contribution in [1.82, 2.24) is 25.0 Å². The molecule has 1 aliphatic rings. The van der Waals surface area contributed by atoms with Crippen LogP contribution in [0.1, 0.15) is 16.2 Å². The Kier molecular flexibility index (Phi) is 9.05. The van der Waals surface area contributed by atoms with E-state index in [1.807, 2.05) is 51.9 Å². The molecule has 0 bridgehead atoms. The fourth-order valence-corrected chi connectivity index (χ4v) is 5.45. The lowest BCUT2D eigenvalue weighted by Gasteiger charge is -2.36. The molecule has 0 aliphatic carbocycles. The maximum atomic E-state index is 13.1. The number of piperazine rings is 1. The molecular formula is C30H32N6O4S. The van der Waals surface area contributed by atoms with E-state index in [0.717, 1.165) is 24.5 Å². The summed E-state index contributed by atoms with van der Waals surface area (Å²) < 4.78 is 12.3. The second-order valence-corrected chi connectivity index (χ2v) is 10.3. The molecular weight excluding hydrogens is 540 g/mol. The van der Waals surface area contributed by atoms with Gasteiger partial charge in [-0.3, -0.25) is 14.2 Å². The number of benzene rings is 3. The zero-order chi connectivity index (χ0) is 28.6. The van der Waals surface area contributed by atoms with E-state index in [0.29, 0.717) is 35.4 Å². The number of rotatable bonds is 10. The van der Waals surface area contributed by atoms with E-state index in [-0.39, 0.29) is 24.1 Å². The van der Waals surface area contributed by atoms with E-state index in [1.165, 1.54) is 17.4 Å². The molecule has 1 N–H and O–H groups in total. The first kappa shape index (κ1) is 28.0. The minimum absolute atomic E-state index is 0.0568. The third kappa shape index (κ3) is 6.80. The highest BCUT2D eigenvalue weighted by atomic mass is 32.2. The predicted octanol–water partition coefficient (Wildman–Crippen LogP) is 3.66. The number of hydrogen-bond acceptors (Lipinski definition) is 8. The highest BCUT2D eigenvalue weighted by Gasteiger charge is 2.23. The van der Waals surface area contributed by atoms with Gasteiger partial charge in [-0.1, -0.05) is 30.0 Å². The van der Waals surface area contributed by atoms with Crippen molar-refractivity contribution < 1.29 is 19.1 Å². The van der Waals surface area contributed by atoms with Gasteiger partial charge in [-0.15, -0.1) is 10.2 Å². The van der Waals surface area contributed by atoms with E-state index in [9.17, 15) is 9.59 Å². The average Bonchev–Trinajstić information content (AvgIpc) is 3.45. The van der Waals surface area contributed by atoms with Crippen LogP contribution < -0.4 is 19.7 Å². The minimum atomic E-state index is -0.240. The molecule has 2 amide bonds. The van der Waals surface area contributed by atoms with Gasteiger partial charge in [-0.05, 0) is 60.7 Å². The van der Waals surface area contributed by atoms with Crippen molar-refractivity contribution in [2.45, 2.75) is 11.7 Å². The van der Waals surface area contributed by atoms with Crippen LogP contribution >= 0.6 is 11.8 Å². The molecule has 0 radical (unpaired) electrons. The van der Waals surface area contributed by atoms with Crippen LogP contribution in [0.5, 0.6) is 11.5 Å². The number of ether oxygens (including phenoxy) is 2. The number of hydrogen-bond donors (Lipinski definition) is 1. The normalized spacial score (nSPS) is 13.1. The third-order valence-electron chi connectivity index (χ3n) is 6.87. The number of anilines is 1. The first-order chi connectivity index (χ1) is 20.1. The van der Waals surface area contributed by atoms with Gasteiger partial charge in [0.05, 0.1) is 26.5 Å². The van der Waals surface area contributed by atoms with Crippen LogP contribution in [0, 0.1) is 0 Å². The minimum Gasteiger partial charge on any atom is -0.497 e. The molecule has 1 fully saturated rings. The van der Waals surface area contributed by atoms with Gasteiger partial charge < -0.3 is 24.6 Å². The Morgan fingerprint density at radius 2 is 1.44 bits per heavy atom. The van der Waals surface area contributed by atoms with Crippen LogP contribution in [0.4, 0.5) is 5.69 Å². The van der Waals surface area contributed by atoms with Gasteiger partial charge >= 0.3 is 0 Å². The number of carbonyl (C=O) groups is 2. The second kappa shape index (κ2) is 13.2. The van der Waals surface area contributed by atoms with Crippen molar-refractivity contribution in [3.05, 3.63) is 90.3 Å². The van der Waals surface area contributed by atoms with Crippen LogP contribution in [0.15, 0.2) is 84.0 Å². The van der Waals surface area contributed by atoms with Crippen molar-refractivity contribution in [3.8, 4) is 17.2 Å². The summed E-state index contributed by atoms with van der Waals surface area (Å²) in [6.07, 6.45) is 0. The fraction of sp³-hybridized carbons (Fsp3) is 0.267. The predicted molar refractivity (Wildman–Crippen MR) is 158 cm³/mol. The Labute approximate surface area is 243 Å². The highest BCUT2D eigenvalue weighted by molar-refractivity contribution is 7.99. The lowest BCUT2D eigenvalue weighted by Crippen LogP contribution is -2.49. The number of amides is 2. The summed E-state index contributed by atoms with van der Waals surface area (Å²) in [4.78, 5) is 30.1. The highest BCUT2D eigenvalue weighted by Crippen LogP contribution is 2.25. The van der Waals surface area contributed by atoms with E-state index in [1.54, 1.807) is 38.5 Å². The Bertz CT molecular complexity index is 1450. The van der Waals surface area contributed by atoms with Gasteiger partial charge in [0.1, 0.15) is 11.5 Å². The molecule has 1 aliphatic heterocycles. The molecule has 0 saturated carbocycles.